The highest BCUT2D eigenvalue weighted by Gasteiger charge is 2.69. The molecule has 24 heavy (non-hydrogen) atoms. The van der Waals surface area contributed by atoms with Crippen LogP contribution in [0.25, 0.3) is 0 Å². The van der Waals surface area contributed by atoms with Crippen molar-refractivity contribution in [2.45, 2.75) is 16.1 Å². The summed E-state index contributed by atoms with van der Waals surface area (Å²) in [6, 6.07) is 13.4. The molecule has 0 aliphatic heterocycles. The first kappa shape index (κ1) is 17.7. The summed E-state index contributed by atoms with van der Waals surface area (Å²) in [5.41, 5.74) is 12.1. The maximum atomic E-state index is 13.1. The van der Waals surface area contributed by atoms with Gasteiger partial charge in [0.25, 0.3) is 0 Å². The first-order chi connectivity index (χ1) is 11.4. The summed E-state index contributed by atoms with van der Waals surface area (Å²) in [7, 11) is -3.57. The zero-order valence-corrected chi connectivity index (χ0v) is 15.2. The minimum atomic E-state index is -3.57. The average molecular weight is 385 g/mol. The second-order valence-corrected chi connectivity index (χ2v) is 9.03. The molecule has 128 valence electrons. The van der Waals surface area contributed by atoms with Crippen LogP contribution in [0.5, 0.6) is 0 Å². The Morgan fingerprint density at radius 3 is 1.79 bits per heavy atom. The molecule has 2 atom stereocenters. The Labute approximate surface area is 151 Å². The molecule has 0 heterocycles. The van der Waals surface area contributed by atoms with Crippen molar-refractivity contribution in [3.05, 3.63) is 64.1 Å². The van der Waals surface area contributed by atoms with Crippen molar-refractivity contribution in [2.24, 2.45) is 16.9 Å². The maximum Gasteiger partial charge on any atom is 0.182 e. The number of benzene rings is 2. The summed E-state index contributed by atoms with van der Waals surface area (Å²) < 4.78 is 26.2. The molecule has 0 amide bonds. The molecule has 0 aromatic heterocycles. The Hall–Kier alpha value is -1.11. The second-order valence-electron chi connectivity index (χ2n) is 6.09. The molecule has 0 saturated heterocycles. The first-order valence-electron chi connectivity index (χ1n) is 7.52. The van der Waals surface area contributed by atoms with Crippen LogP contribution in [0.3, 0.4) is 0 Å². The molecule has 1 aliphatic rings. The lowest BCUT2D eigenvalue weighted by atomic mass is 9.99. The Morgan fingerprint density at radius 1 is 0.875 bits per heavy atom. The maximum absolute atomic E-state index is 13.1. The zero-order chi connectivity index (χ0) is 17.5. The van der Waals surface area contributed by atoms with Gasteiger partial charge < -0.3 is 11.5 Å². The van der Waals surface area contributed by atoms with Gasteiger partial charge in [-0.2, -0.15) is 0 Å². The van der Waals surface area contributed by atoms with Gasteiger partial charge in [0.05, 0.1) is 10.1 Å². The summed E-state index contributed by atoms with van der Waals surface area (Å²) in [6.45, 7) is 0.405. The van der Waals surface area contributed by atoms with Crippen molar-refractivity contribution in [1.82, 2.24) is 0 Å². The van der Waals surface area contributed by atoms with E-state index < -0.39 is 20.5 Å². The van der Waals surface area contributed by atoms with E-state index in [2.05, 4.69) is 0 Å². The summed E-state index contributed by atoms with van der Waals surface area (Å²) in [6.07, 6.45) is 0. The first-order valence-corrected chi connectivity index (χ1v) is 9.82. The van der Waals surface area contributed by atoms with E-state index in [-0.39, 0.29) is 23.9 Å². The van der Waals surface area contributed by atoms with Crippen molar-refractivity contribution >= 4 is 33.0 Å². The predicted molar refractivity (Wildman–Crippen MR) is 97.2 cm³/mol. The highest BCUT2D eigenvalue weighted by atomic mass is 35.5. The van der Waals surface area contributed by atoms with E-state index in [4.69, 9.17) is 34.7 Å². The van der Waals surface area contributed by atoms with Gasteiger partial charge in [0.1, 0.15) is 0 Å². The monoisotopic (exact) mass is 384 g/mol. The van der Waals surface area contributed by atoms with Crippen LogP contribution in [-0.2, 0) is 9.84 Å². The predicted octanol–water partition coefficient (Wildman–Crippen LogP) is 2.84. The number of hydrogen-bond acceptors (Lipinski definition) is 4. The van der Waals surface area contributed by atoms with Gasteiger partial charge in [-0.25, -0.2) is 8.42 Å². The molecular formula is C17H18Cl2N2O2S. The molecule has 2 aromatic rings. The van der Waals surface area contributed by atoms with E-state index in [1.54, 1.807) is 24.3 Å². The molecular weight excluding hydrogens is 367 g/mol. The third-order valence-corrected chi connectivity index (χ3v) is 7.69. The van der Waals surface area contributed by atoms with Crippen molar-refractivity contribution < 1.29 is 8.42 Å². The lowest BCUT2D eigenvalue weighted by molar-refractivity contribution is 0.510. The van der Waals surface area contributed by atoms with Gasteiger partial charge in [-0.05, 0) is 42.0 Å². The van der Waals surface area contributed by atoms with Crippen LogP contribution in [-0.4, -0.2) is 26.8 Å². The Bertz CT molecular complexity index is 832. The summed E-state index contributed by atoms with van der Waals surface area (Å²) in [5.74, 6) is -0.245. The normalized spacial score (nSPS) is 22.3. The summed E-state index contributed by atoms with van der Waals surface area (Å²) in [5, 5.41) is 0.438. The molecule has 2 unspecified atom stereocenters. The number of halogens is 2. The van der Waals surface area contributed by atoms with Gasteiger partial charge in [-0.15, -0.1) is 0 Å². The SMILES string of the molecule is NCC1(CN)C(c2ccc(Cl)cc2)C1S(=O)(=O)c1ccc(Cl)cc1. The second kappa shape index (κ2) is 6.32. The van der Waals surface area contributed by atoms with E-state index >= 15 is 0 Å². The zero-order valence-electron chi connectivity index (χ0n) is 12.8. The Kier molecular flexibility index (Phi) is 4.66. The van der Waals surface area contributed by atoms with Crippen LogP contribution in [0.1, 0.15) is 11.5 Å². The molecule has 4 nitrogen and oxygen atoms in total. The lowest BCUT2D eigenvalue weighted by Crippen LogP contribution is -2.31. The fourth-order valence-corrected chi connectivity index (χ4v) is 6.18. The van der Waals surface area contributed by atoms with Crippen LogP contribution in [0.15, 0.2) is 53.4 Å². The van der Waals surface area contributed by atoms with E-state index in [0.29, 0.717) is 10.0 Å². The fourth-order valence-electron chi connectivity index (χ4n) is 3.46. The van der Waals surface area contributed by atoms with Gasteiger partial charge in [0.15, 0.2) is 9.84 Å². The molecule has 0 radical (unpaired) electrons. The highest BCUT2D eigenvalue weighted by molar-refractivity contribution is 7.92. The average Bonchev–Trinajstić information content (AvgIpc) is 3.26. The van der Waals surface area contributed by atoms with Crippen molar-refractivity contribution in [3.8, 4) is 0 Å². The van der Waals surface area contributed by atoms with Gasteiger partial charge in [0.2, 0.25) is 0 Å². The number of nitrogens with two attached hydrogens (primary N) is 2. The van der Waals surface area contributed by atoms with E-state index in [9.17, 15) is 8.42 Å². The van der Waals surface area contributed by atoms with Gasteiger partial charge >= 0.3 is 0 Å². The van der Waals surface area contributed by atoms with Crippen LogP contribution in [0, 0.1) is 5.41 Å². The summed E-state index contributed by atoms with van der Waals surface area (Å²) in [4.78, 5) is 0.236. The van der Waals surface area contributed by atoms with Gasteiger partial charge in [-0.1, -0.05) is 35.3 Å². The highest BCUT2D eigenvalue weighted by Crippen LogP contribution is 2.63. The molecule has 1 aliphatic carbocycles. The van der Waals surface area contributed by atoms with Gasteiger partial charge in [-0.3, -0.25) is 0 Å². The topological polar surface area (TPSA) is 86.2 Å². The molecule has 1 fully saturated rings. The number of rotatable bonds is 5. The van der Waals surface area contributed by atoms with E-state index in [1.165, 1.54) is 12.1 Å². The molecule has 7 heteroatoms. The lowest BCUT2D eigenvalue weighted by Gasteiger charge is -2.13. The summed E-state index contributed by atoms with van der Waals surface area (Å²) >= 11 is 11.8. The fraction of sp³-hybridized carbons (Fsp3) is 0.294. The standard InChI is InChI=1S/C17H18Cl2N2O2S/c18-12-3-1-11(2-4-12)15-16(17(15,9-20)10-21)24(22,23)14-7-5-13(19)6-8-14/h1-8,15-16H,9-10,20-21H2. The molecule has 1 saturated carbocycles. The Balaban J connectivity index is 2.04. The van der Waals surface area contributed by atoms with Crippen LogP contribution >= 0.6 is 23.2 Å². The van der Waals surface area contributed by atoms with Crippen LogP contribution < -0.4 is 11.5 Å². The van der Waals surface area contributed by atoms with E-state index in [0.717, 1.165) is 5.56 Å². The number of hydrogen-bond donors (Lipinski definition) is 2. The van der Waals surface area contributed by atoms with Crippen molar-refractivity contribution in [3.63, 3.8) is 0 Å². The molecule has 0 spiro atoms. The quantitative estimate of drug-likeness (QED) is 0.829. The number of sulfone groups is 1. The Morgan fingerprint density at radius 2 is 1.33 bits per heavy atom. The minimum Gasteiger partial charge on any atom is -0.330 e. The minimum absolute atomic E-state index is 0.203. The van der Waals surface area contributed by atoms with Crippen molar-refractivity contribution in [1.29, 1.82) is 0 Å². The molecule has 0 bridgehead atoms. The van der Waals surface area contributed by atoms with Crippen LogP contribution in [0.4, 0.5) is 0 Å². The third-order valence-electron chi connectivity index (χ3n) is 4.85. The van der Waals surface area contributed by atoms with E-state index in [1.807, 2.05) is 12.1 Å². The largest absolute Gasteiger partial charge is 0.330 e. The van der Waals surface area contributed by atoms with Crippen molar-refractivity contribution in [2.75, 3.05) is 13.1 Å². The van der Waals surface area contributed by atoms with Crippen LogP contribution in [0.2, 0.25) is 10.0 Å². The smallest absolute Gasteiger partial charge is 0.182 e. The van der Waals surface area contributed by atoms with Gasteiger partial charge in [0, 0.05) is 34.5 Å². The third kappa shape index (κ3) is 2.74. The molecule has 3 rings (SSSR count). The molecule has 4 N–H and O–H groups in total. The molecule has 2 aromatic carbocycles.